The lowest BCUT2D eigenvalue weighted by Crippen LogP contribution is -2.46. The molecule has 0 aromatic heterocycles. The summed E-state index contributed by atoms with van der Waals surface area (Å²) in [6.07, 6.45) is 2.45. The smallest absolute Gasteiger partial charge is 0.376 e. The molecule has 12 heavy (non-hydrogen) atoms. The summed E-state index contributed by atoms with van der Waals surface area (Å²) in [5.74, 6) is 0. The molecule has 0 amide bonds. The van der Waals surface area contributed by atoms with Crippen LogP contribution in [0.4, 0.5) is 0 Å². The summed E-state index contributed by atoms with van der Waals surface area (Å²) in [5.41, 5.74) is 0.0671. The van der Waals surface area contributed by atoms with Gasteiger partial charge < -0.3 is 13.3 Å². The van der Waals surface area contributed by atoms with Gasteiger partial charge in [-0.15, -0.1) is 6.58 Å². The van der Waals surface area contributed by atoms with Crippen LogP contribution in [0.15, 0.2) is 12.7 Å². The van der Waals surface area contributed by atoms with E-state index in [9.17, 15) is 0 Å². The monoisotopic (exact) mass is 189 g/mol. The molecule has 0 bridgehead atoms. The van der Waals surface area contributed by atoms with Crippen LogP contribution in [0, 0.1) is 6.92 Å². The maximum Gasteiger partial charge on any atom is 0.507 e. The summed E-state index contributed by atoms with van der Waals surface area (Å²) in [7, 11) is 2.24. The van der Waals surface area contributed by atoms with Crippen molar-refractivity contribution < 1.29 is 13.3 Å². The van der Waals surface area contributed by atoms with E-state index in [0.717, 1.165) is 0 Å². The molecule has 0 heterocycles. The Hall–Kier alpha value is -0.163. The Balaban J connectivity index is 4.53. The second kappa shape index (κ2) is 5.48. The normalized spacial score (nSPS) is 14.3. The van der Waals surface area contributed by atoms with Crippen LogP contribution in [0.25, 0.3) is 0 Å². The van der Waals surface area contributed by atoms with Crippen LogP contribution in [-0.2, 0) is 13.3 Å². The van der Waals surface area contributed by atoms with Gasteiger partial charge in [0.05, 0.1) is 0 Å². The average molecular weight is 189 g/mol. The number of rotatable bonds is 6. The molecule has 0 aliphatic heterocycles. The molecule has 4 heteroatoms. The summed E-state index contributed by atoms with van der Waals surface area (Å²) < 4.78 is 15.8. The van der Waals surface area contributed by atoms with Crippen LogP contribution in [0.5, 0.6) is 0 Å². The van der Waals surface area contributed by atoms with E-state index in [1.165, 1.54) is 0 Å². The van der Waals surface area contributed by atoms with Crippen LogP contribution in [0.1, 0.15) is 6.42 Å². The summed E-state index contributed by atoms with van der Waals surface area (Å²) in [6.45, 7) is 7.49. The second-order valence-corrected chi connectivity index (χ2v) is 5.52. The third kappa shape index (κ3) is 2.16. The van der Waals surface area contributed by atoms with Crippen LogP contribution in [-0.4, -0.2) is 30.1 Å². The Morgan fingerprint density at radius 3 is 1.75 bits per heavy atom. The molecule has 0 rings (SSSR count). The van der Waals surface area contributed by atoms with E-state index in [1.54, 1.807) is 27.4 Å². The van der Waals surface area contributed by atoms with Crippen molar-refractivity contribution >= 4 is 8.80 Å². The molecule has 0 N–H and O–H groups in total. The Bertz CT molecular complexity index is 126. The molecule has 3 nitrogen and oxygen atoms in total. The molecule has 0 saturated heterocycles. The van der Waals surface area contributed by atoms with Gasteiger partial charge in [0, 0.05) is 26.9 Å². The first-order valence-electron chi connectivity index (χ1n) is 3.78. The van der Waals surface area contributed by atoms with Gasteiger partial charge in [-0.25, -0.2) is 0 Å². The lowest BCUT2D eigenvalue weighted by molar-refractivity contribution is 0.116. The molecule has 0 saturated carbocycles. The van der Waals surface area contributed by atoms with E-state index >= 15 is 0 Å². The van der Waals surface area contributed by atoms with Crippen molar-refractivity contribution in [3.8, 4) is 0 Å². The van der Waals surface area contributed by atoms with Gasteiger partial charge in [-0.3, -0.25) is 0 Å². The molecule has 71 valence electrons. The summed E-state index contributed by atoms with van der Waals surface area (Å²) >= 11 is 0. The highest BCUT2D eigenvalue weighted by Crippen LogP contribution is 2.27. The predicted octanol–water partition coefficient (Wildman–Crippen LogP) is 1.64. The average Bonchev–Trinajstić information content (AvgIpc) is 2.14. The van der Waals surface area contributed by atoms with E-state index in [2.05, 4.69) is 13.5 Å². The molecule has 1 radical (unpaired) electrons. The number of allylic oxidation sites excluding steroid dienone is 1. The lowest BCUT2D eigenvalue weighted by atomic mass is 10.3. The molecule has 0 spiro atoms. The topological polar surface area (TPSA) is 27.7 Å². The minimum absolute atomic E-state index is 0.0671. The number of hydrogen-bond donors (Lipinski definition) is 0. The first-order chi connectivity index (χ1) is 5.70. The number of hydrogen-bond acceptors (Lipinski definition) is 3. The van der Waals surface area contributed by atoms with E-state index in [1.807, 2.05) is 0 Å². The molecule has 0 aliphatic rings. The Labute approximate surface area is 75.7 Å². The SMILES string of the molecule is [CH2]CC(C=C)[Si](OC)(OC)OC. The fraction of sp³-hybridized carbons (Fsp3) is 0.625. The van der Waals surface area contributed by atoms with Gasteiger partial charge >= 0.3 is 8.80 Å². The van der Waals surface area contributed by atoms with Crippen molar-refractivity contribution in [1.29, 1.82) is 0 Å². The van der Waals surface area contributed by atoms with Crippen molar-refractivity contribution in [3.05, 3.63) is 19.6 Å². The van der Waals surface area contributed by atoms with E-state index < -0.39 is 8.80 Å². The van der Waals surface area contributed by atoms with E-state index in [0.29, 0.717) is 6.42 Å². The molecule has 0 aromatic carbocycles. The zero-order valence-corrected chi connectivity index (χ0v) is 9.00. The Kier molecular flexibility index (Phi) is 5.40. The first kappa shape index (κ1) is 11.8. The fourth-order valence-corrected chi connectivity index (χ4v) is 3.19. The highest BCUT2D eigenvalue weighted by Gasteiger charge is 2.44. The van der Waals surface area contributed by atoms with Crippen molar-refractivity contribution in [1.82, 2.24) is 0 Å². The van der Waals surface area contributed by atoms with Crippen LogP contribution in [0.2, 0.25) is 5.54 Å². The van der Waals surface area contributed by atoms with Crippen LogP contribution < -0.4 is 0 Å². The Morgan fingerprint density at radius 2 is 1.67 bits per heavy atom. The minimum atomic E-state index is -2.53. The van der Waals surface area contributed by atoms with Gasteiger partial charge in [-0.1, -0.05) is 13.0 Å². The van der Waals surface area contributed by atoms with Crippen molar-refractivity contribution in [2.75, 3.05) is 21.3 Å². The summed E-state index contributed by atoms with van der Waals surface area (Å²) in [4.78, 5) is 0. The maximum absolute atomic E-state index is 5.26. The molecule has 0 aromatic rings. The standard InChI is InChI=1S/C8H17O3Si/c1-6-8(7-2)12(9-3,10-4)11-5/h6,8H,1-2,7H2,3-5H3. The second-order valence-electron chi connectivity index (χ2n) is 2.35. The zero-order valence-electron chi connectivity index (χ0n) is 8.00. The highest BCUT2D eigenvalue weighted by atomic mass is 28.4. The van der Waals surface area contributed by atoms with Crippen molar-refractivity contribution in [2.24, 2.45) is 0 Å². The van der Waals surface area contributed by atoms with Gasteiger partial charge in [-0.2, -0.15) is 0 Å². The molecular formula is C8H17O3Si. The third-order valence-electron chi connectivity index (χ3n) is 1.90. The van der Waals surface area contributed by atoms with E-state index in [4.69, 9.17) is 13.3 Å². The lowest BCUT2D eigenvalue weighted by Gasteiger charge is -2.29. The molecule has 1 unspecified atom stereocenters. The maximum atomic E-state index is 5.26. The Morgan fingerprint density at radius 1 is 1.25 bits per heavy atom. The first-order valence-corrected chi connectivity index (χ1v) is 5.58. The summed E-state index contributed by atoms with van der Waals surface area (Å²) in [5, 5.41) is 0. The van der Waals surface area contributed by atoms with Crippen LogP contribution in [0.3, 0.4) is 0 Å². The highest BCUT2D eigenvalue weighted by molar-refractivity contribution is 6.62. The fourth-order valence-electron chi connectivity index (χ4n) is 1.14. The van der Waals surface area contributed by atoms with Crippen molar-refractivity contribution in [2.45, 2.75) is 12.0 Å². The quantitative estimate of drug-likeness (QED) is 0.469. The van der Waals surface area contributed by atoms with Gasteiger partial charge in [0.2, 0.25) is 0 Å². The minimum Gasteiger partial charge on any atom is -0.376 e. The summed E-state index contributed by atoms with van der Waals surface area (Å²) in [6, 6.07) is 0. The van der Waals surface area contributed by atoms with Gasteiger partial charge in [-0.05, 0) is 6.42 Å². The largest absolute Gasteiger partial charge is 0.507 e. The van der Waals surface area contributed by atoms with E-state index in [-0.39, 0.29) is 5.54 Å². The zero-order chi connectivity index (χ0) is 9.61. The van der Waals surface area contributed by atoms with Crippen LogP contribution >= 0.6 is 0 Å². The molecule has 1 atom stereocenters. The predicted molar refractivity (Wildman–Crippen MR) is 50.7 cm³/mol. The molecular weight excluding hydrogens is 172 g/mol. The van der Waals surface area contributed by atoms with Gasteiger partial charge in [0.15, 0.2) is 0 Å². The van der Waals surface area contributed by atoms with Crippen molar-refractivity contribution in [3.63, 3.8) is 0 Å². The molecule has 0 fully saturated rings. The van der Waals surface area contributed by atoms with Gasteiger partial charge in [0.25, 0.3) is 0 Å². The van der Waals surface area contributed by atoms with Gasteiger partial charge in [0.1, 0.15) is 0 Å². The third-order valence-corrected chi connectivity index (χ3v) is 5.04. The molecule has 0 aliphatic carbocycles.